The second kappa shape index (κ2) is 6.89. The second-order valence-corrected chi connectivity index (χ2v) is 6.22. The van der Waals surface area contributed by atoms with Crippen LogP contribution < -0.4 is 10.6 Å². The normalized spacial score (nSPS) is 17.2. The summed E-state index contributed by atoms with van der Waals surface area (Å²) in [6.07, 6.45) is 0.899. The average Bonchev–Trinajstić information content (AvgIpc) is 2.63. The zero-order valence-corrected chi connectivity index (χ0v) is 12.6. The van der Waals surface area contributed by atoms with Gasteiger partial charge in [0.2, 0.25) is 0 Å². The van der Waals surface area contributed by atoms with Crippen molar-refractivity contribution < 1.29 is 9.59 Å². The van der Waals surface area contributed by atoms with E-state index >= 15 is 0 Å². The van der Waals surface area contributed by atoms with Crippen molar-refractivity contribution in [1.82, 2.24) is 15.5 Å². The monoisotopic (exact) mass is 269 g/mol. The highest BCUT2D eigenvalue weighted by molar-refractivity contribution is 6.35. The molecule has 0 aromatic heterocycles. The SMILES string of the molecule is CC(C)C(C)(C)CNC(=O)C(=O)N1CCCNCC1. The van der Waals surface area contributed by atoms with Gasteiger partial charge < -0.3 is 15.5 Å². The van der Waals surface area contributed by atoms with Crippen molar-refractivity contribution in [2.75, 3.05) is 32.7 Å². The molecule has 0 spiro atoms. The topological polar surface area (TPSA) is 61.4 Å². The maximum absolute atomic E-state index is 12.0. The van der Waals surface area contributed by atoms with Gasteiger partial charge in [-0.05, 0) is 24.3 Å². The summed E-state index contributed by atoms with van der Waals surface area (Å²) < 4.78 is 0. The molecule has 1 aliphatic heterocycles. The Morgan fingerprint density at radius 3 is 2.58 bits per heavy atom. The van der Waals surface area contributed by atoms with Crippen LogP contribution in [-0.4, -0.2) is 49.4 Å². The first kappa shape index (κ1) is 16.0. The lowest BCUT2D eigenvalue weighted by Gasteiger charge is -2.29. The molecule has 1 heterocycles. The van der Waals surface area contributed by atoms with Crippen molar-refractivity contribution in [2.45, 2.75) is 34.1 Å². The van der Waals surface area contributed by atoms with E-state index in [1.807, 2.05) is 0 Å². The van der Waals surface area contributed by atoms with Crippen LogP contribution in [0.15, 0.2) is 0 Å². The largest absolute Gasteiger partial charge is 0.347 e. The third-order valence-corrected chi connectivity index (χ3v) is 4.09. The highest BCUT2D eigenvalue weighted by Crippen LogP contribution is 2.24. The van der Waals surface area contributed by atoms with Crippen LogP contribution >= 0.6 is 0 Å². The molecule has 0 radical (unpaired) electrons. The van der Waals surface area contributed by atoms with Gasteiger partial charge in [-0.2, -0.15) is 0 Å². The zero-order chi connectivity index (χ0) is 14.5. The molecule has 2 N–H and O–H groups in total. The lowest BCUT2D eigenvalue weighted by molar-refractivity contribution is -0.146. The Hall–Kier alpha value is -1.10. The van der Waals surface area contributed by atoms with Crippen molar-refractivity contribution in [3.8, 4) is 0 Å². The summed E-state index contributed by atoms with van der Waals surface area (Å²) in [6.45, 7) is 11.9. The van der Waals surface area contributed by atoms with Crippen molar-refractivity contribution in [2.24, 2.45) is 11.3 Å². The molecule has 1 rings (SSSR count). The molecule has 19 heavy (non-hydrogen) atoms. The minimum Gasteiger partial charge on any atom is -0.347 e. The van der Waals surface area contributed by atoms with Crippen molar-refractivity contribution in [3.63, 3.8) is 0 Å². The molecule has 0 aromatic rings. The van der Waals surface area contributed by atoms with Gasteiger partial charge in [0.05, 0.1) is 0 Å². The van der Waals surface area contributed by atoms with Gasteiger partial charge in [0.1, 0.15) is 0 Å². The molecule has 0 unspecified atom stereocenters. The molecule has 0 aliphatic carbocycles. The Morgan fingerprint density at radius 2 is 1.95 bits per heavy atom. The van der Waals surface area contributed by atoms with Gasteiger partial charge in [-0.3, -0.25) is 9.59 Å². The predicted octanol–water partition coefficient (Wildman–Crippen LogP) is 0.607. The van der Waals surface area contributed by atoms with Gasteiger partial charge >= 0.3 is 11.8 Å². The van der Waals surface area contributed by atoms with E-state index in [4.69, 9.17) is 0 Å². The van der Waals surface area contributed by atoms with Crippen molar-refractivity contribution in [1.29, 1.82) is 0 Å². The summed E-state index contributed by atoms with van der Waals surface area (Å²) >= 11 is 0. The third-order valence-electron chi connectivity index (χ3n) is 4.09. The fourth-order valence-electron chi connectivity index (χ4n) is 1.78. The fraction of sp³-hybridized carbons (Fsp3) is 0.857. The van der Waals surface area contributed by atoms with Gasteiger partial charge in [0.25, 0.3) is 0 Å². The molecular formula is C14H27N3O2. The summed E-state index contributed by atoms with van der Waals surface area (Å²) in [6, 6.07) is 0. The van der Waals surface area contributed by atoms with E-state index < -0.39 is 11.8 Å². The van der Waals surface area contributed by atoms with Crippen LogP contribution in [0.25, 0.3) is 0 Å². The number of hydrogen-bond acceptors (Lipinski definition) is 3. The number of nitrogens with one attached hydrogen (secondary N) is 2. The summed E-state index contributed by atoms with van der Waals surface area (Å²) in [5.74, 6) is -0.427. The van der Waals surface area contributed by atoms with Crippen LogP contribution in [-0.2, 0) is 9.59 Å². The van der Waals surface area contributed by atoms with Gasteiger partial charge in [-0.15, -0.1) is 0 Å². The summed E-state index contributed by atoms with van der Waals surface area (Å²) in [5, 5.41) is 5.99. The Morgan fingerprint density at radius 1 is 1.26 bits per heavy atom. The van der Waals surface area contributed by atoms with Gasteiger partial charge in [0, 0.05) is 26.2 Å². The number of amides is 2. The predicted molar refractivity (Wildman–Crippen MR) is 75.7 cm³/mol. The summed E-state index contributed by atoms with van der Waals surface area (Å²) in [7, 11) is 0. The average molecular weight is 269 g/mol. The quantitative estimate of drug-likeness (QED) is 0.738. The first-order valence-corrected chi connectivity index (χ1v) is 7.12. The van der Waals surface area contributed by atoms with Gasteiger partial charge in [-0.1, -0.05) is 27.7 Å². The molecule has 110 valence electrons. The molecule has 1 fully saturated rings. The van der Waals surface area contributed by atoms with Crippen molar-refractivity contribution in [3.05, 3.63) is 0 Å². The van der Waals surface area contributed by atoms with Crippen LogP contribution in [0.5, 0.6) is 0 Å². The van der Waals surface area contributed by atoms with Crippen LogP contribution in [0.1, 0.15) is 34.1 Å². The van der Waals surface area contributed by atoms with Gasteiger partial charge in [0.15, 0.2) is 0 Å². The first-order chi connectivity index (χ1) is 8.84. The maximum atomic E-state index is 12.0. The summed E-state index contributed by atoms with van der Waals surface area (Å²) in [4.78, 5) is 25.6. The molecule has 1 saturated heterocycles. The van der Waals surface area contributed by atoms with E-state index in [0.717, 1.165) is 19.5 Å². The number of carbonyl (C=O) groups is 2. The minimum atomic E-state index is -0.476. The van der Waals surface area contributed by atoms with E-state index in [0.29, 0.717) is 25.6 Å². The molecule has 2 amide bonds. The Labute approximate surface area is 116 Å². The lowest BCUT2D eigenvalue weighted by Crippen LogP contribution is -2.47. The zero-order valence-electron chi connectivity index (χ0n) is 12.6. The number of nitrogens with zero attached hydrogens (tertiary/aromatic N) is 1. The lowest BCUT2D eigenvalue weighted by atomic mass is 9.81. The van der Waals surface area contributed by atoms with Crippen LogP contribution in [0.4, 0.5) is 0 Å². The fourth-order valence-corrected chi connectivity index (χ4v) is 1.78. The van der Waals surface area contributed by atoms with E-state index in [9.17, 15) is 9.59 Å². The molecule has 1 aliphatic rings. The third kappa shape index (κ3) is 4.82. The smallest absolute Gasteiger partial charge is 0.311 e. The molecule has 0 aromatic carbocycles. The van der Waals surface area contributed by atoms with Crippen LogP contribution in [0.2, 0.25) is 0 Å². The minimum absolute atomic E-state index is 0.00369. The Kier molecular flexibility index (Phi) is 5.79. The molecule has 0 saturated carbocycles. The molecule has 0 bridgehead atoms. The highest BCUT2D eigenvalue weighted by Gasteiger charge is 2.27. The molecule has 5 heteroatoms. The Bertz CT molecular complexity index is 319. The number of rotatable bonds is 3. The van der Waals surface area contributed by atoms with E-state index in [1.165, 1.54) is 0 Å². The van der Waals surface area contributed by atoms with Crippen LogP contribution in [0.3, 0.4) is 0 Å². The van der Waals surface area contributed by atoms with E-state index in [2.05, 4.69) is 38.3 Å². The molecular weight excluding hydrogens is 242 g/mol. The first-order valence-electron chi connectivity index (χ1n) is 7.12. The highest BCUT2D eigenvalue weighted by atomic mass is 16.2. The van der Waals surface area contributed by atoms with Crippen LogP contribution in [0, 0.1) is 11.3 Å². The standard InChI is InChI=1S/C14H27N3O2/c1-11(2)14(3,4)10-16-12(18)13(19)17-8-5-6-15-7-9-17/h11,15H,5-10H2,1-4H3,(H,16,18). The number of hydrogen-bond donors (Lipinski definition) is 2. The van der Waals surface area contributed by atoms with E-state index in [1.54, 1.807) is 4.90 Å². The molecule has 5 nitrogen and oxygen atoms in total. The Balaban J connectivity index is 2.46. The number of carbonyl (C=O) groups excluding carboxylic acids is 2. The van der Waals surface area contributed by atoms with Gasteiger partial charge in [-0.25, -0.2) is 0 Å². The van der Waals surface area contributed by atoms with Crippen molar-refractivity contribution >= 4 is 11.8 Å². The molecule has 0 atom stereocenters. The van der Waals surface area contributed by atoms with E-state index in [-0.39, 0.29) is 5.41 Å². The maximum Gasteiger partial charge on any atom is 0.311 e. The second-order valence-electron chi connectivity index (χ2n) is 6.22. The summed E-state index contributed by atoms with van der Waals surface area (Å²) in [5.41, 5.74) is -0.00369.